The molecule has 3 N–H and O–H groups in total. The lowest BCUT2D eigenvalue weighted by atomic mass is 9.82. The van der Waals surface area contributed by atoms with Crippen LogP contribution in [0.2, 0.25) is 0 Å². The molecule has 0 saturated heterocycles. The van der Waals surface area contributed by atoms with Gasteiger partial charge in [0.05, 0.1) is 5.69 Å². The third-order valence-corrected chi connectivity index (χ3v) is 7.28. The number of furan rings is 1. The molecule has 192 valence electrons. The molecule has 1 amide bonds. The zero-order chi connectivity index (χ0) is 26.3. The Balaban J connectivity index is 1.46. The van der Waals surface area contributed by atoms with Gasteiger partial charge < -0.3 is 15.3 Å². The quantitative estimate of drug-likeness (QED) is 0.308. The fraction of sp³-hybridized carbons (Fsp3) is 0.345. The van der Waals surface area contributed by atoms with Crippen LogP contribution in [0.25, 0.3) is 28.0 Å². The van der Waals surface area contributed by atoms with Gasteiger partial charge in [0.1, 0.15) is 16.9 Å². The number of benzene rings is 2. The van der Waals surface area contributed by atoms with Gasteiger partial charge in [0.25, 0.3) is 0 Å². The molecule has 1 aliphatic rings. The maximum Gasteiger partial charge on any atom is 0.341 e. The lowest BCUT2D eigenvalue weighted by Gasteiger charge is -2.32. The number of amides is 1. The standard InChI is InChI=1S/C29H32N4O4/c1-17(2)33(28(34)20-9-7-18(3)8-10-20)27-23(29(35)36)16-32(31-27)21-13-11-19(12-14-21)26-15-22-24(30)5-4-6-25(22)37-26/h4-6,11-18,20H,7-10,30H2,1-3H3,(H,35,36)/t18-,20-. The van der Waals surface area contributed by atoms with Crippen molar-refractivity contribution < 1.29 is 19.1 Å². The number of hydrogen-bond acceptors (Lipinski definition) is 5. The summed E-state index contributed by atoms with van der Waals surface area (Å²) in [7, 11) is 0. The Morgan fingerprint density at radius 1 is 1.11 bits per heavy atom. The third-order valence-electron chi connectivity index (χ3n) is 7.28. The zero-order valence-corrected chi connectivity index (χ0v) is 21.3. The number of carbonyl (C=O) groups excluding carboxylic acids is 1. The molecule has 5 rings (SSSR count). The van der Waals surface area contributed by atoms with Gasteiger partial charge in [-0.15, -0.1) is 5.10 Å². The van der Waals surface area contributed by atoms with Crippen molar-refractivity contribution in [2.45, 2.75) is 52.5 Å². The first-order valence-corrected chi connectivity index (χ1v) is 12.8. The number of aromatic nitrogens is 2. The van der Waals surface area contributed by atoms with E-state index < -0.39 is 5.97 Å². The van der Waals surface area contributed by atoms with Gasteiger partial charge in [-0.3, -0.25) is 9.69 Å². The van der Waals surface area contributed by atoms with Gasteiger partial charge in [0, 0.05) is 34.8 Å². The molecule has 2 aromatic carbocycles. The molecule has 8 nitrogen and oxygen atoms in total. The Morgan fingerprint density at radius 2 is 1.81 bits per heavy atom. The minimum absolute atomic E-state index is 0.00284. The van der Waals surface area contributed by atoms with E-state index in [0.29, 0.717) is 28.6 Å². The Kier molecular flexibility index (Phi) is 6.50. The van der Waals surface area contributed by atoms with E-state index in [1.54, 1.807) is 4.90 Å². The number of nitrogen functional groups attached to an aromatic ring is 1. The minimum Gasteiger partial charge on any atom is -0.477 e. The number of carboxylic acid groups (broad SMARTS) is 1. The van der Waals surface area contributed by atoms with Gasteiger partial charge in [-0.05, 0) is 87.9 Å². The summed E-state index contributed by atoms with van der Waals surface area (Å²) in [5.41, 5.74) is 8.97. The van der Waals surface area contributed by atoms with Crippen LogP contribution in [0.3, 0.4) is 0 Å². The van der Waals surface area contributed by atoms with Gasteiger partial charge in [0.2, 0.25) is 5.91 Å². The lowest BCUT2D eigenvalue weighted by molar-refractivity contribution is -0.124. The van der Waals surface area contributed by atoms with Crippen molar-refractivity contribution in [1.82, 2.24) is 9.78 Å². The molecule has 2 aromatic heterocycles. The molecule has 1 saturated carbocycles. The third kappa shape index (κ3) is 4.71. The summed E-state index contributed by atoms with van der Waals surface area (Å²) in [5.74, 6) is 0.212. The predicted molar refractivity (Wildman–Crippen MR) is 144 cm³/mol. The van der Waals surface area contributed by atoms with Crippen molar-refractivity contribution in [3.63, 3.8) is 0 Å². The highest BCUT2D eigenvalue weighted by atomic mass is 16.4. The van der Waals surface area contributed by atoms with E-state index in [0.717, 1.165) is 36.6 Å². The smallest absolute Gasteiger partial charge is 0.341 e. The van der Waals surface area contributed by atoms with Crippen LogP contribution in [-0.2, 0) is 4.79 Å². The Labute approximate surface area is 215 Å². The van der Waals surface area contributed by atoms with E-state index in [9.17, 15) is 14.7 Å². The monoisotopic (exact) mass is 500 g/mol. The highest BCUT2D eigenvalue weighted by Gasteiger charge is 2.34. The first-order chi connectivity index (χ1) is 17.7. The van der Waals surface area contributed by atoms with Crippen molar-refractivity contribution in [3.05, 3.63) is 60.3 Å². The number of aromatic carboxylic acids is 1. The predicted octanol–water partition coefficient (Wildman–Crippen LogP) is 6.13. The molecule has 0 spiro atoms. The van der Waals surface area contributed by atoms with Gasteiger partial charge in [-0.1, -0.05) is 13.0 Å². The molecule has 2 heterocycles. The molecule has 1 fully saturated rings. The van der Waals surface area contributed by atoms with Crippen LogP contribution >= 0.6 is 0 Å². The summed E-state index contributed by atoms with van der Waals surface area (Å²) in [5, 5.41) is 15.4. The van der Waals surface area contributed by atoms with Gasteiger partial charge >= 0.3 is 5.97 Å². The molecule has 0 atom stereocenters. The number of rotatable bonds is 6. The lowest BCUT2D eigenvalue weighted by Crippen LogP contribution is -2.43. The largest absolute Gasteiger partial charge is 0.477 e. The molecular weight excluding hydrogens is 468 g/mol. The van der Waals surface area contributed by atoms with Crippen LogP contribution in [0.5, 0.6) is 0 Å². The molecule has 0 radical (unpaired) electrons. The SMILES string of the molecule is CC(C)N(c1nn(-c2ccc(-c3cc4c(N)cccc4o3)cc2)cc1C(=O)O)C(=O)[C@H]1CC[C@H](C)CC1. The summed E-state index contributed by atoms with van der Waals surface area (Å²) in [6, 6.07) is 14.7. The number of anilines is 2. The van der Waals surface area contributed by atoms with Crippen LogP contribution in [0, 0.1) is 11.8 Å². The van der Waals surface area contributed by atoms with Crippen molar-refractivity contribution in [1.29, 1.82) is 0 Å². The van der Waals surface area contributed by atoms with Crippen molar-refractivity contribution in [2.24, 2.45) is 11.8 Å². The molecule has 0 bridgehead atoms. The molecule has 1 aliphatic carbocycles. The number of nitrogens with zero attached hydrogens (tertiary/aromatic N) is 3. The topological polar surface area (TPSA) is 115 Å². The zero-order valence-electron chi connectivity index (χ0n) is 21.3. The van der Waals surface area contributed by atoms with Crippen molar-refractivity contribution in [3.8, 4) is 17.0 Å². The average molecular weight is 501 g/mol. The maximum atomic E-state index is 13.5. The number of fused-ring (bicyclic) bond motifs is 1. The Bertz CT molecular complexity index is 1440. The summed E-state index contributed by atoms with van der Waals surface area (Å²) in [6.45, 7) is 5.99. The summed E-state index contributed by atoms with van der Waals surface area (Å²) >= 11 is 0. The number of nitrogens with two attached hydrogens (primary N) is 1. The van der Waals surface area contributed by atoms with E-state index in [1.165, 1.54) is 10.9 Å². The summed E-state index contributed by atoms with van der Waals surface area (Å²) < 4.78 is 7.48. The first kappa shape index (κ1) is 24.6. The molecule has 8 heteroatoms. The van der Waals surface area contributed by atoms with Crippen LogP contribution in [-0.4, -0.2) is 32.8 Å². The van der Waals surface area contributed by atoms with Gasteiger partial charge in [0.15, 0.2) is 5.82 Å². The van der Waals surface area contributed by atoms with Crippen LogP contribution in [0.15, 0.2) is 59.1 Å². The van der Waals surface area contributed by atoms with Gasteiger partial charge in [-0.25, -0.2) is 9.48 Å². The second kappa shape index (κ2) is 9.76. The summed E-state index contributed by atoms with van der Waals surface area (Å²) in [4.78, 5) is 27.3. The van der Waals surface area contributed by atoms with E-state index in [1.807, 2.05) is 62.4 Å². The molecule has 0 unspecified atom stereocenters. The van der Waals surface area contributed by atoms with Crippen molar-refractivity contribution in [2.75, 3.05) is 10.6 Å². The van der Waals surface area contributed by atoms with E-state index in [2.05, 4.69) is 12.0 Å². The second-order valence-electron chi connectivity index (χ2n) is 10.3. The number of hydrogen-bond donors (Lipinski definition) is 2. The molecule has 4 aromatic rings. The molecule has 0 aliphatic heterocycles. The Morgan fingerprint density at radius 3 is 2.43 bits per heavy atom. The first-order valence-electron chi connectivity index (χ1n) is 12.8. The van der Waals surface area contributed by atoms with Crippen molar-refractivity contribution >= 4 is 34.4 Å². The van der Waals surface area contributed by atoms with E-state index in [4.69, 9.17) is 10.2 Å². The number of carboxylic acids is 1. The molecular formula is C29H32N4O4. The second-order valence-corrected chi connectivity index (χ2v) is 10.3. The normalized spacial score (nSPS) is 17.8. The minimum atomic E-state index is -1.12. The number of carbonyl (C=O) groups is 2. The van der Waals surface area contributed by atoms with E-state index in [-0.39, 0.29) is 29.2 Å². The fourth-order valence-electron chi connectivity index (χ4n) is 5.14. The fourth-order valence-corrected chi connectivity index (χ4v) is 5.14. The van der Waals surface area contributed by atoms with E-state index >= 15 is 0 Å². The highest BCUT2D eigenvalue weighted by molar-refractivity contribution is 6.02. The van der Waals surface area contributed by atoms with Crippen LogP contribution in [0.1, 0.15) is 56.8 Å². The summed E-state index contributed by atoms with van der Waals surface area (Å²) in [6.07, 6.45) is 5.13. The van der Waals surface area contributed by atoms with Gasteiger partial charge in [-0.2, -0.15) is 0 Å². The van der Waals surface area contributed by atoms with Crippen LogP contribution < -0.4 is 10.6 Å². The molecule has 37 heavy (non-hydrogen) atoms. The maximum absolute atomic E-state index is 13.5. The Hall–Kier alpha value is -4.07. The average Bonchev–Trinajstić information content (AvgIpc) is 3.50. The van der Waals surface area contributed by atoms with Crippen LogP contribution in [0.4, 0.5) is 11.5 Å². The highest BCUT2D eigenvalue weighted by Crippen LogP contribution is 2.34.